The van der Waals surface area contributed by atoms with Gasteiger partial charge in [-0.3, -0.25) is 4.79 Å². The number of carbonyl (C=O) groups is 1. The Bertz CT molecular complexity index is 1320. The number of thioether (sulfide) groups is 1. The molecular formula is C40H59O2S2+. The highest BCUT2D eigenvalue weighted by atomic mass is 32.2. The minimum Gasteiger partial charge on any atom is -0.506 e. The molecule has 0 radical (unpaired) electrons. The zero-order valence-electron chi connectivity index (χ0n) is 29.4. The van der Waals surface area contributed by atoms with E-state index in [4.69, 9.17) is 0 Å². The highest BCUT2D eigenvalue weighted by Gasteiger charge is 2.33. The minimum atomic E-state index is -0.0576. The third-order valence-electron chi connectivity index (χ3n) is 8.11. The zero-order valence-corrected chi connectivity index (χ0v) is 31.0. The lowest BCUT2D eigenvalue weighted by atomic mass is 9.85. The molecule has 1 aliphatic carbocycles. The van der Waals surface area contributed by atoms with Crippen molar-refractivity contribution in [1.82, 2.24) is 0 Å². The van der Waals surface area contributed by atoms with Crippen LogP contribution in [0.3, 0.4) is 0 Å². The number of carbonyl (C=O) groups excluding carboxylic acids is 1. The number of ketones is 1. The van der Waals surface area contributed by atoms with E-state index in [-0.39, 0.29) is 22.4 Å². The summed E-state index contributed by atoms with van der Waals surface area (Å²) in [5.41, 5.74) is 3.47. The Labute approximate surface area is 277 Å². The second-order valence-corrected chi connectivity index (χ2v) is 18.6. The van der Waals surface area contributed by atoms with E-state index in [9.17, 15) is 9.90 Å². The first-order chi connectivity index (χ1) is 20.5. The van der Waals surface area contributed by atoms with E-state index >= 15 is 0 Å². The van der Waals surface area contributed by atoms with Crippen LogP contribution >= 0.6 is 23.1 Å². The highest BCUT2D eigenvalue weighted by Crippen LogP contribution is 2.41. The monoisotopic (exact) mass is 635 g/mol. The smallest absolute Gasteiger partial charge is 0.218 e. The van der Waals surface area contributed by atoms with Crippen molar-refractivity contribution in [2.75, 3.05) is 0 Å². The van der Waals surface area contributed by atoms with Crippen LogP contribution in [0.4, 0.5) is 0 Å². The molecule has 0 aromatic carbocycles. The van der Waals surface area contributed by atoms with Gasteiger partial charge in [-0.15, -0.1) is 0 Å². The largest absolute Gasteiger partial charge is 0.506 e. The molecule has 242 valence electrons. The van der Waals surface area contributed by atoms with Gasteiger partial charge < -0.3 is 5.11 Å². The van der Waals surface area contributed by atoms with Crippen molar-refractivity contribution in [2.45, 2.75) is 133 Å². The fourth-order valence-electron chi connectivity index (χ4n) is 5.35. The maximum atomic E-state index is 13.4. The van der Waals surface area contributed by atoms with Crippen molar-refractivity contribution >= 4 is 35.0 Å². The number of allylic oxidation sites excluding steroid dienone is 8. The summed E-state index contributed by atoms with van der Waals surface area (Å²) in [5.74, 6) is 1.47. The van der Waals surface area contributed by atoms with Crippen molar-refractivity contribution in [3.8, 4) is 0 Å². The zero-order chi connectivity index (χ0) is 32.7. The lowest BCUT2D eigenvalue weighted by Gasteiger charge is -2.23. The van der Waals surface area contributed by atoms with Crippen LogP contribution in [0.5, 0.6) is 0 Å². The first-order valence-electron chi connectivity index (χ1n) is 17.0. The number of hydrogen-bond donors (Lipinski definition) is 1. The molecule has 1 N–H and O–H groups in total. The summed E-state index contributed by atoms with van der Waals surface area (Å²) < 4.78 is 0. The van der Waals surface area contributed by atoms with E-state index in [1.54, 1.807) is 0 Å². The Morgan fingerprint density at radius 2 is 1.30 bits per heavy atom. The molecule has 0 atom stereocenters. The van der Waals surface area contributed by atoms with E-state index in [0.717, 1.165) is 49.7 Å². The second kappa shape index (κ2) is 16.1. The van der Waals surface area contributed by atoms with Crippen LogP contribution < -0.4 is 0 Å². The Balaban J connectivity index is 1.89. The van der Waals surface area contributed by atoms with Gasteiger partial charge in [0.15, 0.2) is 0 Å². The normalized spacial score (nSPS) is 18.0. The summed E-state index contributed by atoms with van der Waals surface area (Å²) in [6.07, 6.45) is 19.5. The van der Waals surface area contributed by atoms with Crippen LogP contribution in [0, 0.1) is 22.7 Å². The minimum absolute atomic E-state index is 0.0576. The quantitative estimate of drug-likeness (QED) is 0.163. The van der Waals surface area contributed by atoms with E-state index < -0.39 is 0 Å². The van der Waals surface area contributed by atoms with Crippen molar-refractivity contribution in [1.29, 1.82) is 0 Å². The van der Waals surface area contributed by atoms with Gasteiger partial charge >= 0.3 is 0 Å². The molecule has 2 nitrogen and oxygen atoms in total. The Morgan fingerprint density at radius 3 is 1.84 bits per heavy atom. The maximum Gasteiger partial charge on any atom is 0.218 e. The number of aryl methyl sites for hydroxylation is 2. The first-order valence-corrected chi connectivity index (χ1v) is 18.6. The van der Waals surface area contributed by atoms with Crippen LogP contribution in [0.25, 0.3) is 6.08 Å². The molecule has 0 saturated carbocycles. The van der Waals surface area contributed by atoms with Gasteiger partial charge in [0.25, 0.3) is 0 Å². The van der Waals surface area contributed by atoms with Gasteiger partial charge in [-0.1, -0.05) is 93.8 Å². The second-order valence-electron chi connectivity index (χ2n) is 16.1. The number of Topliss-reactive ketones (excluding diaryl/α,β-unsaturated/α-hetero) is 1. The summed E-state index contributed by atoms with van der Waals surface area (Å²) in [7, 11) is 0. The average Bonchev–Trinajstić information content (AvgIpc) is 2.91. The molecule has 1 aliphatic heterocycles. The molecule has 0 bridgehead atoms. The maximum absolute atomic E-state index is 13.4. The van der Waals surface area contributed by atoms with Gasteiger partial charge in [-0.05, 0) is 106 Å². The van der Waals surface area contributed by atoms with Crippen molar-refractivity contribution < 1.29 is 9.90 Å². The van der Waals surface area contributed by atoms with Crippen molar-refractivity contribution in [2.24, 2.45) is 22.7 Å². The molecule has 3 rings (SSSR count). The number of aliphatic hydroxyl groups is 1. The first kappa shape index (κ1) is 36.6. The number of hydrogen-bond acceptors (Lipinski definition) is 3. The van der Waals surface area contributed by atoms with E-state index in [1.165, 1.54) is 45.2 Å². The third-order valence-corrected chi connectivity index (χ3v) is 10.4. The molecule has 2 aliphatic rings. The number of rotatable bonds is 14. The molecule has 44 heavy (non-hydrogen) atoms. The van der Waals surface area contributed by atoms with E-state index in [2.05, 4.69) is 93.5 Å². The molecular weight excluding hydrogens is 577 g/mol. The van der Waals surface area contributed by atoms with Gasteiger partial charge in [0.2, 0.25) is 26.9 Å². The van der Waals surface area contributed by atoms with Crippen molar-refractivity contribution in [3.63, 3.8) is 0 Å². The van der Waals surface area contributed by atoms with Gasteiger partial charge in [0.1, 0.15) is 5.76 Å². The predicted molar refractivity (Wildman–Crippen MR) is 196 cm³/mol. The molecule has 0 amide bonds. The fourth-order valence-corrected chi connectivity index (χ4v) is 7.70. The Hall–Kier alpha value is -1.91. The van der Waals surface area contributed by atoms with Gasteiger partial charge in [0.05, 0.1) is 11.1 Å². The van der Waals surface area contributed by atoms with E-state index in [1.807, 2.05) is 35.3 Å². The van der Waals surface area contributed by atoms with Crippen LogP contribution in [0.15, 0.2) is 62.6 Å². The SMILES string of the molecule is CC(C)CCCC1=C/C(=C/C2=C(O)C(=C/c3cc(CCCC(C)C)[s+]c(CCC(C)(C)C)c3)/C2=O)C=C(CCC(C)(C)C)S1. The third kappa shape index (κ3) is 12.5. The topological polar surface area (TPSA) is 37.3 Å². The summed E-state index contributed by atoms with van der Waals surface area (Å²) in [6, 6.07) is 4.45. The van der Waals surface area contributed by atoms with Gasteiger partial charge in [-0.25, -0.2) is 0 Å². The molecule has 0 spiro atoms. The summed E-state index contributed by atoms with van der Waals surface area (Å²) in [5, 5.41) is 11.1. The highest BCUT2D eigenvalue weighted by molar-refractivity contribution is 8.06. The summed E-state index contributed by atoms with van der Waals surface area (Å²) in [4.78, 5) is 18.9. The van der Waals surface area contributed by atoms with Crippen LogP contribution in [-0.2, 0) is 17.6 Å². The molecule has 1 aromatic rings. The lowest BCUT2D eigenvalue weighted by Crippen LogP contribution is -2.21. The standard InChI is InChI=1S/C40H58O2S2/c1-27(2)13-11-15-31-21-29(23-33(43-31)17-19-39(5,6)7)25-35-37(41)36(38(35)42)26-30-22-32(16-12-14-28(3)4)44-34(24-30)18-20-40(8,9)10/h21-28H,11-20H2,1-10H3/p+1. The summed E-state index contributed by atoms with van der Waals surface area (Å²) in [6.45, 7) is 22.8. The van der Waals surface area contributed by atoms with Gasteiger partial charge in [-0.2, -0.15) is 0 Å². The van der Waals surface area contributed by atoms with Crippen molar-refractivity contribution in [3.05, 3.63) is 78.0 Å². The molecule has 0 fully saturated rings. The Morgan fingerprint density at radius 1 is 0.773 bits per heavy atom. The molecule has 4 heteroatoms. The lowest BCUT2D eigenvalue weighted by molar-refractivity contribution is -0.113. The molecule has 2 heterocycles. The van der Waals surface area contributed by atoms with Crippen LogP contribution in [0.2, 0.25) is 0 Å². The number of aliphatic hydroxyl groups excluding tert-OH is 1. The van der Waals surface area contributed by atoms with E-state index in [0.29, 0.717) is 23.0 Å². The molecule has 1 aromatic heterocycles. The average molecular weight is 636 g/mol. The van der Waals surface area contributed by atoms with Crippen LogP contribution in [-0.4, -0.2) is 10.9 Å². The summed E-state index contributed by atoms with van der Waals surface area (Å²) >= 11 is 3.81. The fraction of sp³-hybridized carbons (Fsp3) is 0.600. The van der Waals surface area contributed by atoms with Crippen LogP contribution in [0.1, 0.15) is 136 Å². The molecule has 0 saturated heterocycles. The molecule has 0 unspecified atom stereocenters. The Kier molecular flexibility index (Phi) is 13.4. The van der Waals surface area contributed by atoms with Gasteiger partial charge in [0, 0.05) is 25.0 Å². The predicted octanol–water partition coefficient (Wildman–Crippen LogP) is 12.9.